The normalized spacial score (nSPS) is 13.5. The standard InChI is InChI=1S/C20H28N2O2Si2/c1-25(2,3)23-21-19(17-13-9-7-10-14-17)20(22-24-26(4,5)6)18-15-11-8-12-16-18/h7-16H,1-6H3/b21-19-,22-20-. The molecule has 0 heterocycles. The Bertz CT molecular complexity index is 694. The van der Waals surface area contributed by atoms with Crippen molar-refractivity contribution in [3.8, 4) is 0 Å². The third kappa shape index (κ3) is 6.61. The largest absolute Gasteiger partial charge is 0.455 e. The molecule has 0 aliphatic heterocycles. The quantitative estimate of drug-likeness (QED) is 0.359. The molecule has 0 aliphatic rings. The van der Waals surface area contributed by atoms with E-state index in [0.717, 1.165) is 11.1 Å². The van der Waals surface area contributed by atoms with Gasteiger partial charge in [-0.1, -0.05) is 71.0 Å². The number of rotatable bonds is 7. The van der Waals surface area contributed by atoms with Crippen molar-refractivity contribution >= 4 is 28.1 Å². The number of nitrogens with zero attached hydrogens (tertiary/aromatic N) is 2. The molecule has 0 amide bonds. The van der Waals surface area contributed by atoms with E-state index in [-0.39, 0.29) is 0 Å². The molecule has 0 aliphatic carbocycles. The van der Waals surface area contributed by atoms with Crippen LogP contribution in [-0.2, 0) is 9.05 Å². The molecule has 0 atom stereocenters. The Hall–Kier alpha value is -2.19. The fraction of sp³-hybridized carbons (Fsp3) is 0.300. The molecule has 0 saturated heterocycles. The lowest BCUT2D eigenvalue weighted by molar-refractivity contribution is 0.331. The highest BCUT2D eigenvalue weighted by atomic mass is 28.4. The first-order valence-electron chi connectivity index (χ1n) is 8.79. The second-order valence-electron chi connectivity index (χ2n) is 8.02. The Labute approximate surface area is 158 Å². The molecule has 0 fully saturated rings. The molecule has 2 aromatic carbocycles. The van der Waals surface area contributed by atoms with Crippen LogP contribution in [0.1, 0.15) is 11.1 Å². The van der Waals surface area contributed by atoms with Gasteiger partial charge in [0, 0.05) is 11.1 Å². The fourth-order valence-corrected chi connectivity index (χ4v) is 2.75. The van der Waals surface area contributed by atoms with Gasteiger partial charge in [-0.05, 0) is 39.3 Å². The maximum absolute atomic E-state index is 5.88. The van der Waals surface area contributed by atoms with Crippen molar-refractivity contribution < 1.29 is 9.05 Å². The van der Waals surface area contributed by atoms with Crippen LogP contribution >= 0.6 is 0 Å². The molecule has 2 aromatic rings. The summed E-state index contributed by atoms with van der Waals surface area (Å²) in [6.07, 6.45) is 0. The number of benzene rings is 2. The summed E-state index contributed by atoms with van der Waals surface area (Å²) in [7, 11) is -3.67. The summed E-state index contributed by atoms with van der Waals surface area (Å²) in [4.78, 5) is 0. The van der Waals surface area contributed by atoms with Gasteiger partial charge in [0.2, 0.25) is 0 Å². The summed E-state index contributed by atoms with van der Waals surface area (Å²) in [5.41, 5.74) is 3.29. The van der Waals surface area contributed by atoms with E-state index in [0.29, 0.717) is 11.4 Å². The van der Waals surface area contributed by atoms with Gasteiger partial charge in [0.15, 0.2) is 0 Å². The van der Waals surface area contributed by atoms with E-state index < -0.39 is 16.6 Å². The molecule has 0 N–H and O–H groups in total. The molecule has 0 unspecified atom stereocenters. The molecule has 0 aromatic heterocycles. The van der Waals surface area contributed by atoms with Gasteiger partial charge in [0.1, 0.15) is 11.4 Å². The minimum Gasteiger partial charge on any atom is -0.455 e. The molecule has 0 radical (unpaired) electrons. The van der Waals surface area contributed by atoms with Crippen molar-refractivity contribution in [2.24, 2.45) is 10.3 Å². The highest BCUT2D eigenvalue weighted by Crippen LogP contribution is 2.15. The second kappa shape index (κ2) is 8.46. The van der Waals surface area contributed by atoms with Crippen molar-refractivity contribution in [2.45, 2.75) is 39.3 Å². The van der Waals surface area contributed by atoms with Crippen molar-refractivity contribution in [1.29, 1.82) is 0 Å². The zero-order chi connectivity index (χ0) is 19.2. The van der Waals surface area contributed by atoms with Gasteiger partial charge in [0.05, 0.1) is 0 Å². The highest BCUT2D eigenvalue weighted by molar-refractivity contribution is 6.70. The van der Waals surface area contributed by atoms with E-state index in [1.165, 1.54) is 0 Å². The fourth-order valence-electron chi connectivity index (χ4n) is 2.02. The Morgan fingerprint density at radius 2 is 0.885 bits per heavy atom. The first-order chi connectivity index (χ1) is 12.2. The molecule has 2 rings (SSSR count). The van der Waals surface area contributed by atoms with Gasteiger partial charge in [-0.25, -0.2) is 0 Å². The minimum absolute atomic E-state index is 0.692. The van der Waals surface area contributed by atoms with Crippen molar-refractivity contribution in [2.75, 3.05) is 0 Å². The number of hydrogen-bond acceptors (Lipinski definition) is 4. The molecule has 0 spiro atoms. The van der Waals surface area contributed by atoms with Crippen LogP contribution in [0.15, 0.2) is 71.0 Å². The van der Waals surface area contributed by atoms with E-state index in [1.54, 1.807) is 0 Å². The predicted octanol–water partition coefficient (Wildman–Crippen LogP) is 5.50. The van der Waals surface area contributed by atoms with E-state index in [9.17, 15) is 0 Å². The molecular weight excluding hydrogens is 356 g/mol. The van der Waals surface area contributed by atoms with Gasteiger partial charge in [-0.15, -0.1) is 0 Å². The van der Waals surface area contributed by atoms with E-state index in [2.05, 4.69) is 49.6 Å². The van der Waals surface area contributed by atoms with Crippen LogP contribution in [0.2, 0.25) is 39.3 Å². The zero-order valence-electron chi connectivity index (χ0n) is 16.5. The first kappa shape index (κ1) is 20.1. The van der Waals surface area contributed by atoms with Crippen LogP contribution in [0.3, 0.4) is 0 Å². The Morgan fingerprint density at radius 3 is 1.15 bits per heavy atom. The van der Waals surface area contributed by atoms with Crippen molar-refractivity contribution in [3.63, 3.8) is 0 Å². The maximum Gasteiger partial charge on any atom is 0.278 e. The van der Waals surface area contributed by atoms with E-state index >= 15 is 0 Å². The maximum atomic E-state index is 5.88. The Kier molecular flexibility index (Phi) is 6.55. The highest BCUT2D eigenvalue weighted by Gasteiger charge is 2.22. The predicted molar refractivity (Wildman–Crippen MR) is 115 cm³/mol. The van der Waals surface area contributed by atoms with Gasteiger partial charge in [-0.3, -0.25) is 0 Å². The van der Waals surface area contributed by atoms with Gasteiger partial charge in [-0.2, -0.15) is 0 Å². The lowest BCUT2D eigenvalue weighted by Crippen LogP contribution is -2.28. The molecular formula is C20H28N2O2Si2. The van der Waals surface area contributed by atoms with Crippen LogP contribution in [0.4, 0.5) is 0 Å². The summed E-state index contributed by atoms with van der Waals surface area (Å²) in [5, 5.41) is 9.05. The van der Waals surface area contributed by atoms with Gasteiger partial charge >= 0.3 is 0 Å². The van der Waals surface area contributed by atoms with Crippen molar-refractivity contribution in [3.05, 3.63) is 71.8 Å². The first-order valence-corrected chi connectivity index (χ1v) is 15.6. The molecule has 4 nitrogen and oxygen atoms in total. The summed E-state index contributed by atoms with van der Waals surface area (Å²) in [6.45, 7) is 12.6. The third-order valence-electron chi connectivity index (χ3n) is 3.14. The smallest absolute Gasteiger partial charge is 0.278 e. The lowest BCUT2D eigenvalue weighted by Gasteiger charge is -2.18. The SMILES string of the molecule is C[Si](C)(C)O/N=C(\C(=N/O[Si](C)(C)C)c1ccccc1)c1ccccc1. The Balaban J connectivity index is 2.57. The van der Waals surface area contributed by atoms with Gasteiger partial charge < -0.3 is 9.05 Å². The van der Waals surface area contributed by atoms with Crippen LogP contribution in [0.5, 0.6) is 0 Å². The monoisotopic (exact) mass is 384 g/mol. The molecule has 138 valence electrons. The van der Waals surface area contributed by atoms with Crippen molar-refractivity contribution in [1.82, 2.24) is 0 Å². The van der Waals surface area contributed by atoms with Crippen LogP contribution < -0.4 is 0 Å². The number of hydrogen-bond donors (Lipinski definition) is 0. The Morgan fingerprint density at radius 1 is 0.577 bits per heavy atom. The minimum atomic E-state index is -1.83. The van der Waals surface area contributed by atoms with E-state index in [1.807, 2.05) is 60.7 Å². The topological polar surface area (TPSA) is 43.2 Å². The van der Waals surface area contributed by atoms with E-state index in [4.69, 9.17) is 9.05 Å². The molecule has 6 heteroatoms. The average molecular weight is 385 g/mol. The van der Waals surface area contributed by atoms with Crippen LogP contribution in [0, 0.1) is 0 Å². The van der Waals surface area contributed by atoms with Crippen LogP contribution in [0.25, 0.3) is 0 Å². The lowest BCUT2D eigenvalue weighted by atomic mass is 10.0. The zero-order valence-corrected chi connectivity index (χ0v) is 18.5. The van der Waals surface area contributed by atoms with Crippen LogP contribution in [-0.4, -0.2) is 28.1 Å². The average Bonchev–Trinajstić information content (AvgIpc) is 2.57. The summed E-state index contributed by atoms with van der Waals surface area (Å²) in [5.74, 6) is 0. The summed E-state index contributed by atoms with van der Waals surface area (Å²) in [6, 6.07) is 20.0. The molecule has 0 bridgehead atoms. The third-order valence-corrected chi connectivity index (χ3v) is 4.42. The summed E-state index contributed by atoms with van der Waals surface area (Å²) >= 11 is 0. The molecule has 26 heavy (non-hydrogen) atoms. The van der Waals surface area contributed by atoms with Gasteiger partial charge in [0.25, 0.3) is 16.6 Å². The summed E-state index contributed by atoms with van der Waals surface area (Å²) < 4.78 is 11.8. The molecule has 0 saturated carbocycles. The second-order valence-corrected chi connectivity index (χ2v) is 16.8. The number of oxime groups is 2.